The fourth-order valence-electron chi connectivity index (χ4n) is 4.66. The number of nitrogens with one attached hydrogen (secondary N) is 1. The molecule has 1 fully saturated rings. The minimum absolute atomic E-state index is 0.159. The Morgan fingerprint density at radius 1 is 1.18 bits per heavy atom. The highest BCUT2D eigenvalue weighted by atomic mass is 32.1. The molecule has 146 valence electrons. The maximum Gasteiger partial charge on any atom is 0.262 e. The second-order valence-electron chi connectivity index (χ2n) is 8.03. The van der Waals surface area contributed by atoms with Crippen LogP contribution < -0.4 is 10.9 Å². The molecule has 5 rings (SSSR count). The van der Waals surface area contributed by atoms with E-state index in [0.717, 1.165) is 54.4 Å². The number of hydrogen-bond donors (Lipinski definition) is 1. The lowest BCUT2D eigenvalue weighted by Crippen LogP contribution is -2.34. The average molecular weight is 398 g/mol. The maximum absolute atomic E-state index is 13.2. The molecule has 4 nitrogen and oxygen atoms in total. The molecule has 0 bridgehead atoms. The third kappa shape index (κ3) is 3.29. The molecule has 0 aliphatic heterocycles. The van der Waals surface area contributed by atoms with E-state index in [4.69, 9.17) is 0 Å². The first-order valence-electron chi connectivity index (χ1n) is 10.2. The Hall–Kier alpha value is -2.05. The predicted octanol–water partition coefficient (Wildman–Crippen LogP) is 4.36. The lowest BCUT2D eigenvalue weighted by Gasteiger charge is -2.23. The van der Waals surface area contributed by atoms with E-state index in [0.29, 0.717) is 12.1 Å². The Bertz CT molecular complexity index is 1050. The number of aromatic nitrogens is 2. The van der Waals surface area contributed by atoms with Crippen LogP contribution in [-0.4, -0.2) is 15.6 Å². The smallest absolute Gasteiger partial charge is 0.262 e. The van der Waals surface area contributed by atoms with Crippen LogP contribution in [0.2, 0.25) is 0 Å². The van der Waals surface area contributed by atoms with Crippen LogP contribution in [0.15, 0.2) is 35.4 Å². The Morgan fingerprint density at radius 3 is 2.75 bits per heavy atom. The quantitative estimate of drug-likeness (QED) is 0.712. The second-order valence-corrected chi connectivity index (χ2v) is 9.11. The molecule has 1 unspecified atom stereocenters. The summed E-state index contributed by atoms with van der Waals surface area (Å²) in [5.41, 5.74) is 2.47. The van der Waals surface area contributed by atoms with E-state index in [1.807, 2.05) is 16.7 Å². The molecule has 1 saturated carbocycles. The molecule has 0 radical (unpaired) electrons. The van der Waals surface area contributed by atoms with E-state index >= 15 is 0 Å². The summed E-state index contributed by atoms with van der Waals surface area (Å²) in [5, 5.41) is 4.46. The van der Waals surface area contributed by atoms with Crippen molar-refractivity contribution in [2.75, 3.05) is 0 Å². The van der Waals surface area contributed by atoms with Crippen molar-refractivity contribution in [3.63, 3.8) is 0 Å². The largest absolute Gasteiger partial charge is 0.310 e. The van der Waals surface area contributed by atoms with Gasteiger partial charge in [0.2, 0.25) is 0 Å². The Labute approximate surface area is 167 Å². The minimum Gasteiger partial charge on any atom is -0.310 e. The van der Waals surface area contributed by atoms with Crippen LogP contribution in [0.5, 0.6) is 0 Å². The first-order valence-corrected chi connectivity index (χ1v) is 11.0. The highest BCUT2D eigenvalue weighted by molar-refractivity contribution is 7.18. The van der Waals surface area contributed by atoms with Crippen LogP contribution in [0.1, 0.15) is 54.1 Å². The summed E-state index contributed by atoms with van der Waals surface area (Å²) in [6.45, 7) is 0.734. The van der Waals surface area contributed by atoms with Gasteiger partial charge in [0.15, 0.2) is 0 Å². The van der Waals surface area contributed by atoms with Crippen molar-refractivity contribution in [3.05, 3.63) is 62.8 Å². The first kappa shape index (κ1) is 18.0. The maximum atomic E-state index is 13.2. The van der Waals surface area contributed by atoms with Crippen LogP contribution in [0, 0.1) is 5.82 Å². The van der Waals surface area contributed by atoms with Gasteiger partial charge in [0, 0.05) is 23.5 Å². The number of benzene rings is 1. The van der Waals surface area contributed by atoms with Gasteiger partial charge in [-0.1, -0.05) is 25.0 Å². The summed E-state index contributed by atoms with van der Waals surface area (Å²) in [6, 6.07) is 7.36. The summed E-state index contributed by atoms with van der Waals surface area (Å²) in [6.07, 6.45) is 9.23. The highest BCUT2D eigenvalue weighted by Crippen LogP contribution is 2.35. The van der Waals surface area contributed by atoms with E-state index in [1.165, 1.54) is 35.4 Å². The predicted molar refractivity (Wildman–Crippen MR) is 110 cm³/mol. The van der Waals surface area contributed by atoms with Gasteiger partial charge in [-0.25, -0.2) is 9.37 Å². The normalized spacial score (nSPS) is 20.0. The highest BCUT2D eigenvalue weighted by Gasteiger charge is 2.26. The summed E-state index contributed by atoms with van der Waals surface area (Å²) in [4.78, 5) is 20.0. The van der Waals surface area contributed by atoms with Crippen molar-refractivity contribution >= 4 is 21.6 Å². The zero-order chi connectivity index (χ0) is 19.1. The van der Waals surface area contributed by atoms with Gasteiger partial charge < -0.3 is 5.32 Å². The zero-order valence-electron chi connectivity index (χ0n) is 15.8. The minimum atomic E-state index is -0.202. The Kier molecular flexibility index (Phi) is 4.77. The fraction of sp³-hybridized carbons (Fsp3) is 0.455. The SMILES string of the molecule is O=c1c2c3c(sc2ncn1C1CCCC1)CC(NCc1ccc(F)cc1)CC3. The molecule has 1 aromatic carbocycles. The second kappa shape index (κ2) is 7.41. The number of fused-ring (bicyclic) bond motifs is 3. The summed E-state index contributed by atoms with van der Waals surface area (Å²) < 4.78 is 14.9. The van der Waals surface area contributed by atoms with Crippen molar-refractivity contribution < 1.29 is 4.39 Å². The van der Waals surface area contributed by atoms with Gasteiger partial charge in [-0.15, -0.1) is 11.3 Å². The van der Waals surface area contributed by atoms with Gasteiger partial charge in [0.1, 0.15) is 10.6 Å². The molecule has 28 heavy (non-hydrogen) atoms. The van der Waals surface area contributed by atoms with Crippen LogP contribution in [0.25, 0.3) is 10.2 Å². The van der Waals surface area contributed by atoms with Crippen LogP contribution >= 0.6 is 11.3 Å². The molecule has 3 aromatic rings. The number of nitrogens with zero attached hydrogens (tertiary/aromatic N) is 2. The third-order valence-electron chi connectivity index (χ3n) is 6.22. The third-order valence-corrected chi connectivity index (χ3v) is 7.38. The first-order chi connectivity index (χ1) is 13.7. The van der Waals surface area contributed by atoms with E-state index < -0.39 is 0 Å². The van der Waals surface area contributed by atoms with Gasteiger partial charge in [0.25, 0.3) is 5.56 Å². The van der Waals surface area contributed by atoms with Crippen molar-refractivity contribution in [3.8, 4) is 0 Å². The van der Waals surface area contributed by atoms with Gasteiger partial charge in [-0.3, -0.25) is 9.36 Å². The molecule has 1 N–H and O–H groups in total. The van der Waals surface area contributed by atoms with Crippen LogP contribution in [0.3, 0.4) is 0 Å². The molecule has 2 aromatic heterocycles. The lowest BCUT2D eigenvalue weighted by molar-refractivity contribution is 0.462. The van der Waals surface area contributed by atoms with Crippen molar-refractivity contribution in [2.45, 2.75) is 63.6 Å². The lowest BCUT2D eigenvalue weighted by atomic mass is 9.93. The molecule has 0 amide bonds. The van der Waals surface area contributed by atoms with E-state index in [9.17, 15) is 9.18 Å². The summed E-state index contributed by atoms with van der Waals surface area (Å²) in [5.74, 6) is -0.202. The zero-order valence-corrected chi connectivity index (χ0v) is 16.6. The molecule has 2 aliphatic carbocycles. The van der Waals surface area contributed by atoms with Gasteiger partial charge in [0.05, 0.1) is 11.7 Å². The van der Waals surface area contributed by atoms with Gasteiger partial charge >= 0.3 is 0 Å². The number of hydrogen-bond acceptors (Lipinski definition) is 4. The Morgan fingerprint density at radius 2 is 1.96 bits per heavy atom. The molecular weight excluding hydrogens is 373 g/mol. The molecule has 0 spiro atoms. The van der Waals surface area contributed by atoms with E-state index in [2.05, 4.69) is 10.3 Å². The molecule has 2 heterocycles. The van der Waals surface area contributed by atoms with Crippen molar-refractivity contribution in [1.29, 1.82) is 0 Å². The van der Waals surface area contributed by atoms with Gasteiger partial charge in [-0.05, 0) is 55.4 Å². The molecule has 0 saturated heterocycles. The number of thiophene rings is 1. The summed E-state index contributed by atoms with van der Waals surface area (Å²) >= 11 is 1.68. The van der Waals surface area contributed by atoms with Crippen molar-refractivity contribution in [1.82, 2.24) is 14.9 Å². The standard InChI is InChI=1S/C22H24FN3OS/c23-15-7-5-14(6-8-15)12-24-16-9-10-18-19(11-16)28-21-20(18)22(27)26(13-25-21)17-3-1-2-4-17/h5-8,13,16-17,24H,1-4,9-12H2. The molecular formula is C22H24FN3OS. The number of aryl methyl sites for hydroxylation is 1. The molecule has 1 atom stereocenters. The summed E-state index contributed by atoms with van der Waals surface area (Å²) in [7, 11) is 0. The number of halogens is 1. The van der Waals surface area contributed by atoms with Gasteiger partial charge in [-0.2, -0.15) is 0 Å². The van der Waals surface area contributed by atoms with Crippen LogP contribution in [-0.2, 0) is 19.4 Å². The van der Waals surface area contributed by atoms with E-state index in [-0.39, 0.29) is 11.4 Å². The monoisotopic (exact) mass is 397 g/mol. The average Bonchev–Trinajstić information content (AvgIpc) is 3.35. The topological polar surface area (TPSA) is 46.9 Å². The van der Waals surface area contributed by atoms with E-state index in [1.54, 1.807) is 17.7 Å². The van der Waals surface area contributed by atoms with Crippen molar-refractivity contribution in [2.24, 2.45) is 0 Å². The fourth-order valence-corrected chi connectivity index (χ4v) is 5.92. The Balaban J connectivity index is 1.36. The van der Waals surface area contributed by atoms with Crippen LogP contribution in [0.4, 0.5) is 4.39 Å². The molecule has 2 aliphatic rings. The molecule has 6 heteroatoms. The number of rotatable bonds is 4.